The summed E-state index contributed by atoms with van der Waals surface area (Å²) < 4.78 is 10.9. The van der Waals surface area contributed by atoms with Gasteiger partial charge in [0.2, 0.25) is 0 Å². The van der Waals surface area contributed by atoms with Gasteiger partial charge in [0.1, 0.15) is 0 Å². The highest BCUT2D eigenvalue weighted by atomic mass is 16.7. The molecule has 1 aliphatic heterocycles. The molecule has 0 aromatic heterocycles. The van der Waals surface area contributed by atoms with Gasteiger partial charge < -0.3 is 15.2 Å². The number of nitrogens with two attached hydrogens (primary N) is 1. The summed E-state index contributed by atoms with van der Waals surface area (Å²) in [6.45, 7) is 1.91. The Kier molecular flexibility index (Phi) is 5.59. The molecule has 74 valence electrons. The molecule has 0 aromatic rings. The first kappa shape index (κ1) is 10.5. The maximum absolute atomic E-state index is 5.46. The summed E-state index contributed by atoms with van der Waals surface area (Å²) >= 11 is 0. The van der Waals surface area contributed by atoms with Crippen LogP contribution in [0.15, 0.2) is 0 Å². The van der Waals surface area contributed by atoms with Crippen LogP contribution in [-0.2, 0) is 9.47 Å². The highest BCUT2D eigenvalue weighted by molar-refractivity contribution is 4.99. The van der Waals surface area contributed by atoms with Crippen LogP contribution in [0, 0.1) is 11.8 Å². The Morgan fingerprint density at radius 2 is 2.31 bits per heavy atom. The topological polar surface area (TPSA) is 44.5 Å². The van der Waals surface area contributed by atoms with Crippen molar-refractivity contribution in [3.63, 3.8) is 0 Å². The number of hydrogen-bond donors (Lipinski definition) is 1. The van der Waals surface area contributed by atoms with Crippen LogP contribution in [0.2, 0.25) is 0 Å². The Morgan fingerprint density at radius 1 is 1.38 bits per heavy atom. The first-order chi connectivity index (χ1) is 6.43. The number of hydrogen-bond acceptors (Lipinski definition) is 3. The van der Waals surface area contributed by atoms with Crippen LogP contribution in [-0.4, -0.2) is 26.0 Å². The lowest BCUT2D eigenvalue weighted by Gasteiger charge is -2.22. The molecule has 0 radical (unpaired) electrons. The van der Waals surface area contributed by atoms with E-state index >= 15 is 0 Å². The van der Waals surface area contributed by atoms with Crippen molar-refractivity contribution in [2.75, 3.05) is 19.8 Å². The molecule has 1 heterocycles. The highest BCUT2D eigenvalue weighted by Crippen LogP contribution is 2.13. The zero-order chi connectivity index (χ0) is 9.36. The van der Waals surface area contributed by atoms with E-state index < -0.39 is 0 Å². The van der Waals surface area contributed by atoms with Gasteiger partial charge in [-0.1, -0.05) is 11.8 Å². The van der Waals surface area contributed by atoms with Gasteiger partial charge in [-0.3, -0.25) is 0 Å². The lowest BCUT2D eigenvalue weighted by molar-refractivity contribution is -0.161. The van der Waals surface area contributed by atoms with E-state index in [1.54, 1.807) is 0 Å². The molecular weight excluding hydrogens is 166 g/mol. The van der Waals surface area contributed by atoms with E-state index in [0.717, 1.165) is 25.9 Å². The third-order valence-electron chi connectivity index (χ3n) is 1.90. The second kappa shape index (κ2) is 6.90. The van der Waals surface area contributed by atoms with Crippen LogP contribution in [0.3, 0.4) is 0 Å². The van der Waals surface area contributed by atoms with E-state index in [0.29, 0.717) is 13.2 Å². The van der Waals surface area contributed by atoms with Crippen LogP contribution >= 0.6 is 0 Å². The van der Waals surface area contributed by atoms with Gasteiger partial charge in [0.25, 0.3) is 0 Å². The van der Waals surface area contributed by atoms with E-state index in [4.69, 9.17) is 15.2 Å². The molecule has 1 saturated heterocycles. The van der Waals surface area contributed by atoms with Crippen LogP contribution in [0.4, 0.5) is 0 Å². The second-order valence-corrected chi connectivity index (χ2v) is 2.97. The molecule has 0 spiro atoms. The molecule has 2 N–H and O–H groups in total. The van der Waals surface area contributed by atoms with Crippen LogP contribution < -0.4 is 5.73 Å². The third kappa shape index (κ3) is 4.89. The molecule has 1 rings (SSSR count). The minimum absolute atomic E-state index is 0.00780. The van der Waals surface area contributed by atoms with E-state index in [1.165, 1.54) is 6.42 Å². The molecule has 0 amide bonds. The van der Waals surface area contributed by atoms with Crippen molar-refractivity contribution in [2.24, 2.45) is 5.73 Å². The van der Waals surface area contributed by atoms with Crippen molar-refractivity contribution in [1.29, 1.82) is 0 Å². The molecule has 0 bridgehead atoms. The lowest BCUT2D eigenvalue weighted by Crippen LogP contribution is -2.22. The SMILES string of the molecule is NCC#CCCOC1CCCCO1. The van der Waals surface area contributed by atoms with E-state index in [2.05, 4.69) is 11.8 Å². The largest absolute Gasteiger partial charge is 0.353 e. The summed E-state index contributed by atoms with van der Waals surface area (Å²) in [4.78, 5) is 0. The van der Waals surface area contributed by atoms with Gasteiger partial charge in [0.05, 0.1) is 13.2 Å². The zero-order valence-electron chi connectivity index (χ0n) is 7.92. The maximum atomic E-state index is 5.46. The van der Waals surface area contributed by atoms with Crippen molar-refractivity contribution in [3.05, 3.63) is 0 Å². The van der Waals surface area contributed by atoms with Crippen LogP contribution in [0.25, 0.3) is 0 Å². The standard InChI is InChI=1S/C10H17NO2/c11-7-3-1-4-8-12-10-6-2-5-9-13-10/h10H,2,4-9,11H2. The van der Waals surface area contributed by atoms with Crippen molar-refractivity contribution < 1.29 is 9.47 Å². The zero-order valence-corrected chi connectivity index (χ0v) is 7.92. The number of rotatable bonds is 3. The van der Waals surface area contributed by atoms with Crippen LogP contribution in [0.5, 0.6) is 0 Å². The van der Waals surface area contributed by atoms with Gasteiger partial charge in [0.15, 0.2) is 6.29 Å². The quantitative estimate of drug-likeness (QED) is 0.522. The molecule has 13 heavy (non-hydrogen) atoms. The van der Waals surface area contributed by atoms with Gasteiger partial charge in [-0.05, 0) is 19.3 Å². The Morgan fingerprint density at radius 3 is 3.00 bits per heavy atom. The number of ether oxygens (including phenoxy) is 2. The monoisotopic (exact) mass is 183 g/mol. The molecule has 3 heteroatoms. The summed E-state index contributed by atoms with van der Waals surface area (Å²) in [5.74, 6) is 5.71. The van der Waals surface area contributed by atoms with Gasteiger partial charge >= 0.3 is 0 Å². The first-order valence-corrected chi connectivity index (χ1v) is 4.82. The highest BCUT2D eigenvalue weighted by Gasteiger charge is 2.12. The summed E-state index contributed by atoms with van der Waals surface area (Å²) in [5.41, 5.74) is 5.21. The second-order valence-electron chi connectivity index (χ2n) is 2.97. The van der Waals surface area contributed by atoms with Crippen molar-refractivity contribution in [1.82, 2.24) is 0 Å². The fraction of sp³-hybridized carbons (Fsp3) is 0.800. The minimum atomic E-state index is 0.00780. The van der Waals surface area contributed by atoms with E-state index in [-0.39, 0.29) is 6.29 Å². The predicted molar refractivity (Wildman–Crippen MR) is 51.0 cm³/mol. The maximum Gasteiger partial charge on any atom is 0.157 e. The average molecular weight is 183 g/mol. The van der Waals surface area contributed by atoms with Gasteiger partial charge in [-0.15, -0.1) is 0 Å². The van der Waals surface area contributed by atoms with Gasteiger partial charge in [0, 0.05) is 13.0 Å². The summed E-state index contributed by atoms with van der Waals surface area (Å²) in [6.07, 6.45) is 4.14. The first-order valence-electron chi connectivity index (χ1n) is 4.82. The molecular formula is C10H17NO2. The molecule has 0 aromatic carbocycles. The summed E-state index contributed by atoms with van der Waals surface area (Å²) in [5, 5.41) is 0. The fourth-order valence-electron chi connectivity index (χ4n) is 1.24. The predicted octanol–water partition coefficient (Wildman–Crippen LogP) is 0.882. The Balaban J connectivity index is 1.98. The minimum Gasteiger partial charge on any atom is -0.353 e. The van der Waals surface area contributed by atoms with Crippen LogP contribution in [0.1, 0.15) is 25.7 Å². The van der Waals surface area contributed by atoms with Crippen molar-refractivity contribution >= 4 is 0 Å². The van der Waals surface area contributed by atoms with Crippen molar-refractivity contribution in [2.45, 2.75) is 32.0 Å². The van der Waals surface area contributed by atoms with Crippen molar-refractivity contribution in [3.8, 4) is 11.8 Å². The van der Waals surface area contributed by atoms with Gasteiger partial charge in [-0.2, -0.15) is 0 Å². The molecule has 1 unspecified atom stereocenters. The molecule has 0 saturated carbocycles. The molecule has 1 fully saturated rings. The lowest BCUT2D eigenvalue weighted by atomic mass is 10.2. The average Bonchev–Trinajstić information content (AvgIpc) is 2.19. The third-order valence-corrected chi connectivity index (χ3v) is 1.90. The Hall–Kier alpha value is -0.560. The molecule has 1 atom stereocenters. The van der Waals surface area contributed by atoms with E-state index in [9.17, 15) is 0 Å². The van der Waals surface area contributed by atoms with Gasteiger partial charge in [-0.25, -0.2) is 0 Å². The Labute approximate surface area is 79.6 Å². The Bertz CT molecular complexity index is 177. The normalized spacial score (nSPS) is 22.1. The smallest absolute Gasteiger partial charge is 0.157 e. The van der Waals surface area contributed by atoms with E-state index in [1.807, 2.05) is 0 Å². The molecule has 0 aliphatic carbocycles. The molecule has 3 nitrogen and oxygen atoms in total. The fourth-order valence-corrected chi connectivity index (χ4v) is 1.24. The summed E-state index contributed by atoms with van der Waals surface area (Å²) in [7, 11) is 0. The summed E-state index contributed by atoms with van der Waals surface area (Å²) in [6, 6.07) is 0. The molecule has 1 aliphatic rings.